The van der Waals surface area contributed by atoms with Gasteiger partial charge in [0.05, 0.1) is 6.04 Å². The van der Waals surface area contributed by atoms with Crippen LogP contribution in [0.4, 0.5) is 0 Å². The number of rotatable bonds is 0. The largest absolute Gasteiger partial charge is 0.490 e. The molecule has 0 bridgehead atoms. The summed E-state index contributed by atoms with van der Waals surface area (Å²) in [6.45, 7) is 0.576. The fourth-order valence-corrected chi connectivity index (χ4v) is 1.53. The Labute approximate surface area is 70.8 Å². The fraction of sp³-hybridized carbons (Fsp3) is 0.250. The number of hydrogen-bond acceptors (Lipinski definition) is 3. The van der Waals surface area contributed by atoms with E-state index in [-0.39, 0.29) is 6.04 Å². The Bertz CT molecular complexity index is 287. The lowest BCUT2D eigenvalue weighted by Crippen LogP contribution is -2.10. The summed E-state index contributed by atoms with van der Waals surface area (Å²) in [7, 11) is 0. The van der Waals surface area contributed by atoms with E-state index < -0.39 is 0 Å². The average molecular weight is 167 g/mol. The van der Waals surface area contributed by atoms with Crippen molar-refractivity contribution >= 4 is 12.6 Å². The summed E-state index contributed by atoms with van der Waals surface area (Å²) in [5.74, 6) is 0.850. The average Bonchev–Trinajstić information content (AvgIpc) is 2.35. The van der Waals surface area contributed by atoms with E-state index in [1.807, 2.05) is 18.2 Å². The number of benzene rings is 1. The molecule has 1 aliphatic rings. The first-order chi connectivity index (χ1) is 5.29. The van der Waals surface area contributed by atoms with Gasteiger partial charge in [-0.3, -0.25) is 0 Å². The first-order valence-electron chi connectivity index (χ1n) is 3.49. The van der Waals surface area contributed by atoms with Gasteiger partial charge in [0.2, 0.25) is 0 Å². The van der Waals surface area contributed by atoms with Crippen LogP contribution in [0, 0.1) is 0 Å². The van der Waals surface area contributed by atoms with Crippen molar-refractivity contribution in [3.8, 4) is 5.75 Å². The minimum atomic E-state index is 0.0251. The lowest BCUT2D eigenvalue weighted by Gasteiger charge is -2.00. The molecule has 0 fully saturated rings. The molecule has 1 aromatic rings. The normalized spacial score (nSPS) is 21.1. The van der Waals surface area contributed by atoms with Crippen molar-refractivity contribution in [2.24, 2.45) is 5.73 Å². The van der Waals surface area contributed by atoms with Crippen molar-refractivity contribution in [3.05, 3.63) is 23.8 Å². The zero-order valence-corrected chi connectivity index (χ0v) is 6.84. The summed E-state index contributed by atoms with van der Waals surface area (Å²) in [6.07, 6.45) is 0. The Kier molecular flexibility index (Phi) is 1.55. The topological polar surface area (TPSA) is 35.2 Å². The molecule has 2 rings (SSSR count). The minimum Gasteiger partial charge on any atom is -0.490 e. The third kappa shape index (κ3) is 1.01. The smallest absolute Gasteiger partial charge is 0.137 e. The molecule has 0 radical (unpaired) electrons. The molecule has 1 aromatic carbocycles. The van der Waals surface area contributed by atoms with Gasteiger partial charge in [-0.1, -0.05) is 12.1 Å². The fourth-order valence-electron chi connectivity index (χ4n) is 1.25. The zero-order valence-electron chi connectivity index (χ0n) is 5.95. The SMILES string of the molecule is NC1COc2c(S)cccc21. The van der Waals surface area contributed by atoms with E-state index >= 15 is 0 Å². The molecular weight excluding hydrogens is 158 g/mol. The molecule has 2 nitrogen and oxygen atoms in total. The molecule has 0 saturated carbocycles. The predicted molar refractivity (Wildman–Crippen MR) is 46.1 cm³/mol. The van der Waals surface area contributed by atoms with E-state index in [2.05, 4.69) is 12.6 Å². The van der Waals surface area contributed by atoms with Gasteiger partial charge < -0.3 is 10.5 Å². The standard InChI is InChI=1S/C8H9NOS/c9-6-4-10-8-5(6)2-1-3-7(8)11/h1-3,6,11H,4,9H2. The van der Waals surface area contributed by atoms with Crippen LogP contribution in [0.25, 0.3) is 0 Å². The zero-order chi connectivity index (χ0) is 7.84. The van der Waals surface area contributed by atoms with E-state index in [0.29, 0.717) is 6.61 Å². The quantitative estimate of drug-likeness (QED) is 0.572. The molecule has 0 amide bonds. The van der Waals surface area contributed by atoms with Crippen LogP contribution in [0.5, 0.6) is 5.75 Å². The van der Waals surface area contributed by atoms with Crippen LogP contribution < -0.4 is 10.5 Å². The lowest BCUT2D eigenvalue weighted by atomic mass is 10.1. The number of fused-ring (bicyclic) bond motifs is 1. The molecule has 1 heterocycles. The number of hydrogen-bond donors (Lipinski definition) is 2. The van der Waals surface area contributed by atoms with Crippen LogP contribution in [0.2, 0.25) is 0 Å². The van der Waals surface area contributed by atoms with E-state index in [1.165, 1.54) is 0 Å². The second kappa shape index (κ2) is 2.43. The maximum atomic E-state index is 5.76. The Morgan fingerprint density at radius 3 is 3.09 bits per heavy atom. The third-order valence-corrected chi connectivity index (χ3v) is 2.18. The highest BCUT2D eigenvalue weighted by molar-refractivity contribution is 7.80. The van der Waals surface area contributed by atoms with Gasteiger partial charge in [0.1, 0.15) is 12.4 Å². The van der Waals surface area contributed by atoms with Crippen molar-refractivity contribution in [2.45, 2.75) is 10.9 Å². The molecule has 0 spiro atoms. The number of para-hydroxylation sites is 1. The van der Waals surface area contributed by atoms with Crippen LogP contribution >= 0.6 is 12.6 Å². The van der Waals surface area contributed by atoms with Gasteiger partial charge in [0.25, 0.3) is 0 Å². The van der Waals surface area contributed by atoms with Gasteiger partial charge in [-0.15, -0.1) is 12.6 Å². The Hall–Kier alpha value is -0.670. The first-order valence-corrected chi connectivity index (χ1v) is 3.94. The van der Waals surface area contributed by atoms with Crippen molar-refractivity contribution in [3.63, 3.8) is 0 Å². The second-order valence-corrected chi connectivity index (χ2v) is 3.09. The van der Waals surface area contributed by atoms with Gasteiger partial charge in [0.15, 0.2) is 0 Å². The van der Waals surface area contributed by atoms with Gasteiger partial charge in [-0.05, 0) is 6.07 Å². The molecule has 0 saturated heterocycles. The van der Waals surface area contributed by atoms with Crippen LogP contribution in [0.3, 0.4) is 0 Å². The number of nitrogens with two attached hydrogens (primary N) is 1. The molecule has 3 heteroatoms. The molecule has 1 atom stereocenters. The second-order valence-electron chi connectivity index (χ2n) is 2.61. The van der Waals surface area contributed by atoms with Crippen LogP contribution in [0.1, 0.15) is 11.6 Å². The van der Waals surface area contributed by atoms with Crippen molar-refractivity contribution in [2.75, 3.05) is 6.61 Å². The van der Waals surface area contributed by atoms with Crippen LogP contribution in [-0.2, 0) is 0 Å². The monoisotopic (exact) mass is 167 g/mol. The highest BCUT2D eigenvalue weighted by atomic mass is 32.1. The van der Waals surface area contributed by atoms with Crippen LogP contribution in [-0.4, -0.2) is 6.61 Å². The van der Waals surface area contributed by atoms with E-state index in [0.717, 1.165) is 16.2 Å². The molecule has 58 valence electrons. The molecular formula is C8H9NOS. The highest BCUT2D eigenvalue weighted by Crippen LogP contribution is 2.35. The van der Waals surface area contributed by atoms with Crippen molar-refractivity contribution in [1.29, 1.82) is 0 Å². The van der Waals surface area contributed by atoms with Gasteiger partial charge in [-0.25, -0.2) is 0 Å². The summed E-state index contributed by atoms with van der Waals surface area (Å²) in [6, 6.07) is 5.85. The maximum absolute atomic E-state index is 5.76. The molecule has 0 aromatic heterocycles. The number of ether oxygens (including phenoxy) is 1. The van der Waals surface area contributed by atoms with Crippen molar-refractivity contribution < 1.29 is 4.74 Å². The minimum absolute atomic E-state index is 0.0251. The third-order valence-electron chi connectivity index (χ3n) is 1.83. The maximum Gasteiger partial charge on any atom is 0.137 e. The Morgan fingerprint density at radius 1 is 1.55 bits per heavy atom. The summed E-state index contributed by atoms with van der Waals surface area (Å²) in [5, 5.41) is 0. The molecule has 1 unspecified atom stereocenters. The molecule has 1 aliphatic heterocycles. The van der Waals surface area contributed by atoms with E-state index in [4.69, 9.17) is 10.5 Å². The summed E-state index contributed by atoms with van der Waals surface area (Å²) < 4.78 is 5.34. The van der Waals surface area contributed by atoms with Gasteiger partial charge >= 0.3 is 0 Å². The highest BCUT2D eigenvalue weighted by Gasteiger charge is 2.21. The molecule has 0 aliphatic carbocycles. The Morgan fingerprint density at radius 2 is 2.36 bits per heavy atom. The Balaban J connectivity index is 2.57. The number of thiol groups is 1. The molecule has 2 N–H and O–H groups in total. The van der Waals surface area contributed by atoms with E-state index in [1.54, 1.807) is 0 Å². The molecule has 11 heavy (non-hydrogen) atoms. The summed E-state index contributed by atoms with van der Waals surface area (Å²) in [5.41, 5.74) is 6.82. The lowest BCUT2D eigenvalue weighted by molar-refractivity contribution is 0.327. The van der Waals surface area contributed by atoms with Crippen LogP contribution in [0.15, 0.2) is 23.1 Å². The van der Waals surface area contributed by atoms with Gasteiger partial charge in [0, 0.05) is 10.5 Å². The predicted octanol–water partition coefficient (Wildman–Crippen LogP) is 1.37. The first kappa shape index (κ1) is 7.00. The summed E-state index contributed by atoms with van der Waals surface area (Å²) in [4.78, 5) is 0.871. The van der Waals surface area contributed by atoms with Crippen molar-refractivity contribution in [1.82, 2.24) is 0 Å². The summed E-state index contributed by atoms with van der Waals surface area (Å²) >= 11 is 4.25. The van der Waals surface area contributed by atoms with Gasteiger partial charge in [-0.2, -0.15) is 0 Å². The van der Waals surface area contributed by atoms with E-state index in [9.17, 15) is 0 Å².